The molecular weight excluding hydrogens is 1100 g/mol. The van der Waals surface area contributed by atoms with Crippen LogP contribution in [0.1, 0.15) is 115 Å². The van der Waals surface area contributed by atoms with Crippen molar-refractivity contribution in [3.05, 3.63) is 51.8 Å². The van der Waals surface area contributed by atoms with Crippen molar-refractivity contribution in [2.75, 3.05) is 39.9 Å². The predicted octanol–water partition coefficient (Wildman–Crippen LogP) is 2.60. The van der Waals surface area contributed by atoms with E-state index in [2.05, 4.69) is 31.9 Å². The molecule has 0 spiro atoms. The van der Waals surface area contributed by atoms with Crippen molar-refractivity contribution in [3.63, 3.8) is 0 Å². The summed E-state index contributed by atoms with van der Waals surface area (Å²) in [6.07, 6.45) is -16.7. The molecule has 470 valence electrons. The zero-order valence-electron chi connectivity index (χ0n) is 49.6. The maximum Gasteiger partial charge on any atom is 0.410 e. The van der Waals surface area contributed by atoms with Crippen LogP contribution in [0.15, 0.2) is 36.1 Å². The maximum atomic E-state index is 13.9. The second kappa shape index (κ2) is 31.2. The molecule has 1 aromatic carbocycles. The second-order valence-electron chi connectivity index (χ2n) is 23.6. The maximum absolute atomic E-state index is 13.9. The van der Waals surface area contributed by atoms with Crippen molar-refractivity contribution >= 4 is 48.0 Å². The molecule has 1 aliphatic carbocycles. The number of benzene rings is 1. The van der Waals surface area contributed by atoms with Gasteiger partial charge in [-0.25, -0.2) is 24.0 Å². The number of nitro groups is 1. The molecule has 83 heavy (non-hydrogen) atoms. The van der Waals surface area contributed by atoms with Gasteiger partial charge in [0.05, 0.1) is 48.8 Å². The molecule has 7 amide bonds. The van der Waals surface area contributed by atoms with E-state index in [1.54, 1.807) is 83.1 Å². The van der Waals surface area contributed by atoms with E-state index in [-0.39, 0.29) is 44.0 Å². The molecular formula is C53H86N8O22. The van der Waals surface area contributed by atoms with Gasteiger partial charge in [-0.3, -0.25) is 19.7 Å². The molecule has 0 bridgehead atoms. The highest BCUT2D eigenvalue weighted by Gasteiger charge is 2.51. The van der Waals surface area contributed by atoms with E-state index in [4.69, 9.17) is 42.6 Å². The highest BCUT2D eigenvalue weighted by molar-refractivity contribution is 5.82. The molecule has 30 nitrogen and oxygen atoms in total. The Kier molecular flexibility index (Phi) is 26.5. The lowest BCUT2D eigenvalue weighted by Gasteiger charge is -2.47. The zero-order valence-corrected chi connectivity index (χ0v) is 49.6. The van der Waals surface area contributed by atoms with Gasteiger partial charge in [-0.05, 0) is 133 Å². The van der Waals surface area contributed by atoms with Crippen molar-refractivity contribution in [1.29, 1.82) is 0 Å². The third-order valence-corrected chi connectivity index (χ3v) is 11.7. The summed E-state index contributed by atoms with van der Waals surface area (Å²) in [5.41, 5.74) is -3.55. The second-order valence-corrected chi connectivity index (χ2v) is 23.6. The van der Waals surface area contributed by atoms with Gasteiger partial charge in [-0.1, -0.05) is 0 Å². The van der Waals surface area contributed by atoms with Gasteiger partial charge in [-0.15, -0.1) is 0 Å². The van der Waals surface area contributed by atoms with Crippen LogP contribution in [0.3, 0.4) is 0 Å². The minimum Gasteiger partial charge on any atom is -0.465 e. The third-order valence-electron chi connectivity index (χ3n) is 11.7. The largest absolute Gasteiger partial charge is 0.465 e. The molecule has 30 heteroatoms. The van der Waals surface area contributed by atoms with Crippen LogP contribution in [0.4, 0.5) is 29.7 Å². The van der Waals surface area contributed by atoms with Crippen molar-refractivity contribution in [1.82, 2.24) is 36.8 Å². The molecule has 10 N–H and O–H groups in total. The Balaban J connectivity index is 2.12. The van der Waals surface area contributed by atoms with Crippen LogP contribution in [0.25, 0.3) is 0 Å². The number of hydrogen-bond acceptors (Lipinski definition) is 22. The van der Waals surface area contributed by atoms with E-state index in [1.165, 1.54) is 44.3 Å². The fourth-order valence-electron chi connectivity index (χ4n) is 7.80. The number of nitrogens with zero attached hydrogens (tertiary/aromatic N) is 2. The number of rotatable bonds is 24. The van der Waals surface area contributed by atoms with Crippen molar-refractivity contribution in [2.45, 2.75) is 206 Å². The van der Waals surface area contributed by atoms with Gasteiger partial charge in [0, 0.05) is 25.7 Å². The number of aliphatic hydroxyl groups is 4. The summed E-state index contributed by atoms with van der Waals surface area (Å²) in [7, 11) is 1.33. The molecule has 2 aliphatic rings. The fourth-order valence-corrected chi connectivity index (χ4v) is 7.80. The number of hydrogen-bond donors (Lipinski definition) is 10. The highest BCUT2D eigenvalue weighted by Crippen LogP contribution is 2.32. The summed E-state index contributed by atoms with van der Waals surface area (Å²) in [5, 5.41) is 72.1. The van der Waals surface area contributed by atoms with Gasteiger partial charge in [0.1, 0.15) is 71.8 Å². The smallest absolute Gasteiger partial charge is 0.410 e. The molecule has 1 heterocycles. The molecule has 1 aromatic rings. The van der Waals surface area contributed by atoms with Gasteiger partial charge in [0.2, 0.25) is 18.1 Å². The van der Waals surface area contributed by atoms with Crippen LogP contribution < -0.4 is 31.9 Å². The first-order chi connectivity index (χ1) is 38.3. The van der Waals surface area contributed by atoms with E-state index in [1.807, 2.05) is 0 Å². The van der Waals surface area contributed by atoms with Gasteiger partial charge < -0.3 is 99.9 Å². The van der Waals surface area contributed by atoms with Crippen molar-refractivity contribution in [2.24, 2.45) is 0 Å². The summed E-state index contributed by atoms with van der Waals surface area (Å²) < 4.78 is 51.9. The van der Waals surface area contributed by atoms with E-state index >= 15 is 0 Å². The standard InChI is InChI=1S/C53H86N8O22/c1-29(60(14)49(72)83-53(11,12)13)38(65)44(75-24-23-62)79-40-34(58-42(67)36(63)21-22-54-46(69)80-50(2,3)4)25-35(59-48(71)82-52(8,9)10)41(39(40)66)78-43-33(57-37(64)27-56-47(70)81-51(5,6)7)20-19-32(77-43)26-55-45(68)76-28-30-15-17-31(18-16-30)61(73)74/h15-19,29,33-36,38-41,43-44,62-63,65-66H,20-28H2,1-14H3,(H,54,69)(H,55,68)(H,56,70)(H,57,64)(H,58,67)(H,59,71)/t29-,33+,34+,35-,36-,38+,39+,40-,41+,43+,44+/m0/s1. The van der Waals surface area contributed by atoms with Crippen LogP contribution >= 0.6 is 0 Å². The Labute approximate surface area is 482 Å². The lowest BCUT2D eigenvalue weighted by molar-refractivity contribution is -0.384. The summed E-state index contributed by atoms with van der Waals surface area (Å²) in [4.78, 5) is 104. The molecule has 0 saturated heterocycles. The zero-order chi connectivity index (χ0) is 62.8. The molecule has 3 rings (SSSR count). The molecule has 1 fully saturated rings. The van der Waals surface area contributed by atoms with Gasteiger partial charge in [0.25, 0.3) is 5.69 Å². The van der Waals surface area contributed by atoms with Crippen LogP contribution in [0.2, 0.25) is 0 Å². The minimum absolute atomic E-state index is 0.0263. The number of nitrogens with one attached hydrogen (secondary N) is 6. The SMILES string of the molecule is C[C@@H]([C@@H](O)[C@H](OCCO)O[C@@H]1[C@@H](O)[C@H](O[C@H]2OC(CNC(=O)OCc3ccc([N+](=O)[O-])cc3)=CC[C@H]2NC(=O)CNC(=O)OC(C)(C)C)[C@@H](NC(=O)OC(C)(C)C)C[C@H]1NC(=O)[C@@H](O)CCNC(=O)OC(C)(C)C)N(C)C(=O)OC(C)(C)C. The number of alkyl carbamates (subject to hydrolysis) is 4. The average Bonchev–Trinajstić information content (AvgIpc) is 3.53. The topological polar surface area (TPSA) is 402 Å². The Morgan fingerprint density at radius 3 is 1.89 bits per heavy atom. The van der Waals surface area contributed by atoms with Gasteiger partial charge >= 0.3 is 30.5 Å². The number of amides is 7. The Hall–Kier alpha value is -6.83. The Morgan fingerprint density at radius 1 is 0.759 bits per heavy atom. The van der Waals surface area contributed by atoms with Crippen molar-refractivity contribution in [3.8, 4) is 0 Å². The monoisotopic (exact) mass is 1190 g/mol. The Morgan fingerprint density at radius 2 is 1.33 bits per heavy atom. The number of likely N-dealkylation sites (N-methyl/N-ethyl adjacent to an activating group) is 1. The number of nitro benzene ring substituents is 1. The summed E-state index contributed by atoms with van der Waals surface area (Å²) in [6, 6.07) is 0.0573. The lowest BCUT2D eigenvalue weighted by atomic mass is 9.83. The average molecular weight is 1190 g/mol. The first-order valence-corrected chi connectivity index (χ1v) is 26.9. The van der Waals surface area contributed by atoms with E-state index in [0.717, 1.165) is 4.90 Å². The molecule has 0 radical (unpaired) electrons. The third kappa shape index (κ3) is 25.7. The minimum atomic E-state index is -2.05. The number of non-ortho nitro benzene ring substituents is 1. The van der Waals surface area contributed by atoms with E-state index in [0.29, 0.717) is 5.56 Å². The normalized spacial score (nSPS) is 21.6. The van der Waals surface area contributed by atoms with Crippen LogP contribution in [0, 0.1) is 10.1 Å². The molecule has 0 aromatic heterocycles. The first kappa shape index (κ1) is 70.4. The summed E-state index contributed by atoms with van der Waals surface area (Å²) in [5.74, 6) is -1.81. The lowest BCUT2D eigenvalue weighted by Crippen LogP contribution is -2.68. The number of aliphatic hydroxyl groups excluding tert-OH is 4. The number of ether oxygens (including phenoxy) is 9. The number of carbonyl (C=O) groups excluding carboxylic acids is 7. The quantitative estimate of drug-likeness (QED) is 0.0308. The first-order valence-electron chi connectivity index (χ1n) is 26.9. The summed E-state index contributed by atoms with van der Waals surface area (Å²) in [6.45, 7) is 18.3. The molecule has 1 saturated carbocycles. The van der Waals surface area contributed by atoms with Crippen LogP contribution in [-0.2, 0) is 58.8 Å². The molecule has 0 unspecified atom stereocenters. The molecule has 1 aliphatic heterocycles. The highest BCUT2D eigenvalue weighted by atomic mass is 16.7. The molecule has 11 atom stereocenters. The number of carbonyl (C=O) groups is 7. The van der Waals surface area contributed by atoms with E-state index in [9.17, 15) is 64.1 Å². The van der Waals surface area contributed by atoms with Gasteiger partial charge in [-0.2, -0.15) is 0 Å². The van der Waals surface area contributed by atoms with Gasteiger partial charge in [0.15, 0.2) is 6.29 Å². The van der Waals surface area contributed by atoms with Crippen LogP contribution in [-0.4, -0.2) is 202 Å². The van der Waals surface area contributed by atoms with Crippen LogP contribution in [0.5, 0.6) is 0 Å². The van der Waals surface area contributed by atoms with Crippen molar-refractivity contribution < 1.29 is 102 Å². The van der Waals surface area contributed by atoms with E-state index < -0.39 is 163 Å². The fraction of sp³-hybridized carbons (Fsp3) is 0.717. The Bertz CT molecular complexity index is 2370. The predicted molar refractivity (Wildman–Crippen MR) is 292 cm³/mol. The summed E-state index contributed by atoms with van der Waals surface area (Å²) >= 11 is 0.